The van der Waals surface area contributed by atoms with Crippen molar-refractivity contribution in [3.63, 3.8) is 0 Å². The zero-order chi connectivity index (χ0) is 12.7. The highest BCUT2D eigenvalue weighted by atomic mass is 16.5. The highest BCUT2D eigenvalue weighted by molar-refractivity contribution is 5.77. The van der Waals surface area contributed by atoms with Crippen molar-refractivity contribution in [3.05, 3.63) is 35.9 Å². The second-order valence-electron chi connectivity index (χ2n) is 4.40. The average Bonchev–Trinajstić information content (AvgIpc) is 2.30. The summed E-state index contributed by atoms with van der Waals surface area (Å²) in [6.45, 7) is 4.18. The minimum atomic E-state index is -1.13. The number of hydrogen-bond acceptors (Lipinski definition) is 2. The Balaban J connectivity index is 2.68. The Labute approximate surface area is 102 Å². The Morgan fingerprint density at radius 1 is 1.35 bits per heavy atom. The first kappa shape index (κ1) is 13.7. The number of rotatable bonds is 7. The van der Waals surface area contributed by atoms with Gasteiger partial charge < -0.3 is 9.84 Å². The van der Waals surface area contributed by atoms with Crippen LogP contribution in [0.5, 0.6) is 0 Å². The van der Waals surface area contributed by atoms with E-state index in [0.717, 1.165) is 18.4 Å². The van der Waals surface area contributed by atoms with Gasteiger partial charge in [-0.05, 0) is 18.9 Å². The smallest absolute Gasteiger partial charge is 0.336 e. The van der Waals surface area contributed by atoms with E-state index in [2.05, 4.69) is 6.92 Å². The van der Waals surface area contributed by atoms with Gasteiger partial charge in [-0.15, -0.1) is 0 Å². The topological polar surface area (TPSA) is 46.5 Å². The van der Waals surface area contributed by atoms with E-state index in [4.69, 9.17) is 4.74 Å². The molecule has 1 atom stereocenters. The molecular weight excluding hydrogens is 216 g/mol. The van der Waals surface area contributed by atoms with Crippen LogP contribution >= 0.6 is 0 Å². The van der Waals surface area contributed by atoms with Crippen LogP contribution in [0.1, 0.15) is 32.3 Å². The number of carboxylic acids is 1. The third kappa shape index (κ3) is 4.19. The Bertz CT molecular complexity index is 348. The molecular formula is C14H20O3. The summed E-state index contributed by atoms with van der Waals surface area (Å²) in [6.07, 6.45) is 2.28. The van der Waals surface area contributed by atoms with E-state index in [-0.39, 0.29) is 0 Å². The molecule has 0 radical (unpaired) electrons. The molecule has 1 unspecified atom stereocenters. The predicted octanol–water partition coefficient (Wildman–Crippen LogP) is 2.89. The molecule has 0 aromatic heterocycles. The molecule has 0 bridgehead atoms. The number of carboxylic acid groups (broad SMARTS) is 1. The summed E-state index contributed by atoms with van der Waals surface area (Å²) in [5.41, 5.74) is -0.148. The SMILES string of the molecule is CCCCOC(C)(Cc1ccccc1)C(=O)O. The van der Waals surface area contributed by atoms with E-state index in [1.54, 1.807) is 6.92 Å². The molecule has 3 nitrogen and oxygen atoms in total. The Kier molecular flexibility index (Phi) is 5.16. The molecule has 0 heterocycles. The maximum absolute atomic E-state index is 11.3. The lowest BCUT2D eigenvalue weighted by Gasteiger charge is -2.25. The maximum atomic E-state index is 11.3. The molecule has 0 saturated heterocycles. The minimum absolute atomic E-state index is 0.396. The first-order valence-corrected chi connectivity index (χ1v) is 6.00. The van der Waals surface area contributed by atoms with Gasteiger partial charge >= 0.3 is 5.97 Å². The van der Waals surface area contributed by atoms with Gasteiger partial charge in [0.1, 0.15) is 0 Å². The Morgan fingerprint density at radius 2 is 2.00 bits per heavy atom. The molecule has 0 saturated carbocycles. The number of aliphatic carboxylic acids is 1. The van der Waals surface area contributed by atoms with Gasteiger partial charge in [-0.3, -0.25) is 0 Å². The van der Waals surface area contributed by atoms with Gasteiger partial charge in [0.25, 0.3) is 0 Å². The van der Waals surface area contributed by atoms with E-state index in [1.807, 2.05) is 30.3 Å². The predicted molar refractivity (Wildman–Crippen MR) is 67.0 cm³/mol. The van der Waals surface area contributed by atoms with E-state index in [0.29, 0.717) is 13.0 Å². The molecule has 0 fully saturated rings. The summed E-state index contributed by atoms with van der Waals surface area (Å²) in [4.78, 5) is 11.3. The summed E-state index contributed by atoms with van der Waals surface area (Å²) in [6, 6.07) is 9.57. The normalized spacial score (nSPS) is 14.2. The van der Waals surface area contributed by atoms with E-state index < -0.39 is 11.6 Å². The Morgan fingerprint density at radius 3 is 2.53 bits per heavy atom. The first-order chi connectivity index (χ1) is 8.08. The molecule has 0 aliphatic carbocycles. The zero-order valence-electron chi connectivity index (χ0n) is 10.5. The van der Waals surface area contributed by atoms with Gasteiger partial charge in [0, 0.05) is 13.0 Å². The van der Waals surface area contributed by atoms with Crippen LogP contribution in [0.2, 0.25) is 0 Å². The second kappa shape index (κ2) is 6.40. The lowest BCUT2D eigenvalue weighted by atomic mass is 9.96. The Hall–Kier alpha value is -1.35. The molecule has 0 aliphatic heterocycles. The molecule has 0 spiro atoms. The number of carbonyl (C=O) groups is 1. The summed E-state index contributed by atoms with van der Waals surface area (Å²) in [5, 5.41) is 9.27. The van der Waals surface area contributed by atoms with Crippen LogP contribution in [0.3, 0.4) is 0 Å². The van der Waals surface area contributed by atoms with Crippen LogP contribution in [-0.2, 0) is 16.0 Å². The lowest BCUT2D eigenvalue weighted by molar-refractivity contribution is -0.163. The summed E-state index contributed by atoms with van der Waals surface area (Å²) >= 11 is 0. The molecule has 0 amide bonds. The standard InChI is InChI=1S/C14H20O3/c1-3-4-10-17-14(2,13(15)16)11-12-8-6-5-7-9-12/h5-9H,3-4,10-11H2,1-2H3,(H,15,16). The summed E-state index contributed by atoms with van der Waals surface area (Å²) < 4.78 is 5.54. The van der Waals surface area contributed by atoms with Crippen LogP contribution < -0.4 is 0 Å². The monoisotopic (exact) mass is 236 g/mol. The van der Waals surface area contributed by atoms with Gasteiger partial charge in [0.05, 0.1) is 0 Å². The van der Waals surface area contributed by atoms with Crippen LogP contribution in [0, 0.1) is 0 Å². The second-order valence-corrected chi connectivity index (χ2v) is 4.40. The van der Waals surface area contributed by atoms with Crippen molar-refractivity contribution in [2.75, 3.05) is 6.61 Å². The van der Waals surface area contributed by atoms with Crippen LogP contribution in [0.15, 0.2) is 30.3 Å². The summed E-state index contributed by atoms with van der Waals surface area (Å²) in [5.74, 6) is -0.905. The fourth-order valence-corrected chi connectivity index (χ4v) is 1.62. The summed E-state index contributed by atoms with van der Waals surface area (Å²) in [7, 11) is 0. The average molecular weight is 236 g/mol. The molecule has 3 heteroatoms. The van der Waals surface area contributed by atoms with E-state index >= 15 is 0 Å². The van der Waals surface area contributed by atoms with E-state index in [9.17, 15) is 9.90 Å². The molecule has 17 heavy (non-hydrogen) atoms. The largest absolute Gasteiger partial charge is 0.479 e. The fraction of sp³-hybridized carbons (Fsp3) is 0.500. The molecule has 1 aromatic rings. The molecule has 1 N–H and O–H groups in total. The number of hydrogen-bond donors (Lipinski definition) is 1. The highest BCUT2D eigenvalue weighted by Gasteiger charge is 2.34. The maximum Gasteiger partial charge on any atom is 0.336 e. The van der Waals surface area contributed by atoms with Gasteiger partial charge in [-0.2, -0.15) is 0 Å². The zero-order valence-corrected chi connectivity index (χ0v) is 10.5. The molecule has 1 aromatic carbocycles. The molecule has 94 valence electrons. The highest BCUT2D eigenvalue weighted by Crippen LogP contribution is 2.18. The van der Waals surface area contributed by atoms with Gasteiger partial charge in [0.2, 0.25) is 0 Å². The quantitative estimate of drug-likeness (QED) is 0.740. The first-order valence-electron chi connectivity index (χ1n) is 6.00. The van der Waals surface area contributed by atoms with Gasteiger partial charge in [-0.25, -0.2) is 4.79 Å². The lowest BCUT2D eigenvalue weighted by Crippen LogP contribution is -2.41. The number of benzene rings is 1. The van der Waals surface area contributed by atoms with E-state index in [1.165, 1.54) is 0 Å². The van der Waals surface area contributed by atoms with Crippen LogP contribution in [0.4, 0.5) is 0 Å². The fourth-order valence-electron chi connectivity index (χ4n) is 1.62. The third-order valence-electron chi connectivity index (χ3n) is 2.76. The molecule has 0 aliphatic rings. The number of unbranched alkanes of at least 4 members (excludes halogenated alkanes) is 1. The van der Waals surface area contributed by atoms with Gasteiger partial charge in [-0.1, -0.05) is 43.7 Å². The van der Waals surface area contributed by atoms with Crippen molar-refractivity contribution in [1.82, 2.24) is 0 Å². The van der Waals surface area contributed by atoms with Crippen LogP contribution in [0.25, 0.3) is 0 Å². The van der Waals surface area contributed by atoms with Crippen molar-refractivity contribution in [1.29, 1.82) is 0 Å². The van der Waals surface area contributed by atoms with Crippen molar-refractivity contribution >= 4 is 5.97 Å². The van der Waals surface area contributed by atoms with Crippen molar-refractivity contribution in [2.24, 2.45) is 0 Å². The number of ether oxygens (including phenoxy) is 1. The van der Waals surface area contributed by atoms with Crippen LogP contribution in [-0.4, -0.2) is 23.3 Å². The van der Waals surface area contributed by atoms with Gasteiger partial charge in [0.15, 0.2) is 5.60 Å². The van der Waals surface area contributed by atoms with Crippen molar-refractivity contribution in [2.45, 2.75) is 38.7 Å². The minimum Gasteiger partial charge on any atom is -0.479 e. The van der Waals surface area contributed by atoms with Crippen molar-refractivity contribution < 1.29 is 14.6 Å². The van der Waals surface area contributed by atoms with Crippen molar-refractivity contribution in [3.8, 4) is 0 Å². The third-order valence-corrected chi connectivity index (χ3v) is 2.76. The molecule has 1 rings (SSSR count).